The first-order valence-electron chi connectivity index (χ1n) is 6.86. The molecule has 2 aliphatic rings. The molecule has 1 amide bonds. The second-order valence-corrected chi connectivity index (χ2v) is 5.65. The van der Waals surface area contributed by atoms with Crippen LogP contribution in [0.2, 0.25) is 0 Å². The monoisotopic (exact) mass is 279 g/mol. The summed E-state index contributed by atoms with van der Waals surface area (Å²) in [6.45, 7) is 1.14. The van der Waals surface area contributed by atoms with Crippen molar-refractivity contribution >= 4 is 17.5 Å². The number of carbonyl (C=O) groups excluding carboxylic acids is 1. The second-order valence-electron chi connectivity index (χ2n) is 5.27. The molecular formula is C15H18ClNO2. The predicted molar refractivity (Wildman–Crippen MR) is 74.6 cm³/mol. The lowest BCUT2D eigenvalue weighted by molar-refractivity contribution is -0.137. The van der Waals surface area contributed by atoms with Gasteiger partial charge < -0.3 is 9.64 Å². The van der Waals surface area contributed by atoms with E-state index < -0.39 is 0 Å². The number of ether oxygens (including phenoxy) is 1. The van der Waals surface area contributed by atoms with Gasteiger partial charge in [-0.2, -0.15) is 0 Å². The molecule has 0 saturated heterocycles. The molecule has 0 aromatic heterocycles. The van der Waals surface area contributed by atoms with Gasteiger partial charge in [0.2, 0.25) is 5.91 Å². The molecule has 102 valence electrons. The van der Waals surface area contributed by atoms with Crippen molar-refractivity contribution in [1.29, 1.82) is 0 Å². The maximum Gasteiger partial charge on any atom is 0.229 e. The number of carbonyl (C=O) groups is 1. The molecule has 0 N–H and O–H groups in total. The molecule has 1 unspecified atom stereocenters. The third-order valence-electron chi connectivity index (χ3n) is 3.82. The van der Waals surface area contributed by atoms with Gasteiger partial charge in [0.05, 0.1) is 5.92 Å². The average Bonchev–Trinajstić information content (AvgIpc) is 3.28. The predicted octanol–water partition coefficient (Wildman–Crippen LogP) is 2.47. The van der Waals surface area contributed by atoms with E-state index in [9.17, 15) is 4.79 Å². The number of rotatable bonds is 4. The number of hydrogen-bond donors (Lipinski definition) is 0. The lowest BCUT2D eigenvalue weighted by atomic mass is 9.95. The zero-order valence-electron chi connectivity index (χ0n) is 10.8. The number of fused-ring (bicyclic) bond motifs is 1. The molecule has 1 aliphatic carbocycles. The van der Waals surface area contributed by atoms with E-state index >= 15 is 0 Å². The van der Waals surface area contributed by atoms with E-state index in [1.807, 2.05) is 29.2 Å². The summed E-state index contributed by atoms with van der Waals surface area (Å²) in [4.78, 5) is 14.5. The lowest BCUT2D eigenvalue weighted by Crippen LogP contribution is -2.43. The molecule has 19 heavy (non-hydrogen) atoms. The first-order chi connectivity index (χ1) is 9.29. The van der Waals surface area contributed by atoms with Crippen LogP contribution in [-0.4, -0.2) is 35.9 Å². The molecule has 1 aliphatic heterocycles. The number of nitrogens with zero attached hydrogens (tertiary/aromatic N) is 1. The fourth-order valence-electron chi connectivity index (χ4n) is 2.67. The van der Waals surface area contributed by atoms with Gasteiger partial charge in [-0.1, -0.05) is 18.2 Å². The van der Waals surface area contributed by atoms with Crippen LogP contribution in [0.15, 0.2) is 24.3 Å². The van der Waals surface area contributed by atoms with Crippen LogP contribution >= 0.6 is 11.6 Å². The van der Waals surface area contributed by atoms with Crippen LogP contribution in [0.1, 0.15) is 18.4 Å². The van der Waals surface area contributed by atoms with Gasteiger partial charge in [0.1, 0.15) is 12.4 Å². The summed E-state index contributed by atoms with van der Waals surface area (Å²) >= 11 is 5.81. The highest BCUT2D eigenvalue weighted by atomic mass is 35.5. The number of para-hydroxylation sites is 1. The van der Waals surface area contributed by atoms with Crippen LogP contribution in [0.4, 0.5) is 0 Å². The highest BCUT2D eigenvalue weighted by molar-refractivity contribution is 6.18. The number of halogens is 1. The molecule has 1 saturated carbocycles. The molecule has 1 aromatic rings. The van der Waals surface area contributed by atoms with Crippen molar-refractivity contribution in [3.63, 3.8) is 0 Å². The Labute approximate surface area is 118 Å². The summed E-state index contributed by atoms with van der Waals surface area (Å²) in [5.74, 6) is 1.57. The largest absolute Gasteiger partial charge is 0.492 e. The Balaban J connectivity index is 1.71. The van der Waals surface area contributed by atoms with Crippen molar-refractivity contribution in [2.24, 2.45) is 5.92 Å². The fraction of sp³-hybridized carbons (Fsp3) is 0.533. The van der Waals surface area contributed by atoms with E-state index in [1.54, 1.807) is 0 Å². The Morgan fingerprint density at radius 2 is 2.16 bits per heavy atom. The molecule has 0 spiro atoms. The van der Waals surface area contributed by atoms with Gasteiger partial charge >= 0.3 is 0 Å². The molecule has 1 atom stereocenters. The van der Waals surface area contributed by atoms with Gasteiger partial charge in [0.25, 0.3) is 0 Å². The van der Waals surface area contributed by atoms with Crippen molar-refractivity contribution in [3.05, 3.63) is 29.8 Å². The van der Waals surface area contributed by atoms with E-state index in [-0.39, 0.29) is 11.8 Å². The van der Waals surface area contributed by atoms with Crippen molar-refractivity contribution < 1.29 is 9.53 Å². The van der Waals surface area contributed by atoms with Crippen molar-refractivity contribution in [3.8, 4) is 5.75 Å². The van der Waals surface area contributed by atoms with E-state index in [0.717, 1.165) is 30.6 Å². The minimum Gasteiger partial charge on any atom is -0.492 e. The zero-order valence-corrected chi connectivity index (χ0v) is 11.6. The summed E-state index contributed by atoms with van der Waals surface area (Å²) in [6, 6.07) is 8.38. The SMILES string of the molecule is O=C(C1COc2ccccc2C1)N(CCCl)C1CC1. The van der Waals surface area contributed by atoms with Crippen LogP contribution in [0.5, 0.6) is 5.75 Å². The topological polar surface area (TPSA) is 29.5 Å². The minimum absolute atomic E-state index is 0.0567. The Morgan fingerprint density at radius 3 is 2.89 bits per heavy atom. The third kappa shape index (κ3) is 2.71. The quantitative estimate of drug-likeness (QED) is 0.793. The maximum absolute atomic E-state index is 12.6. The lowest BCUT2D eigenvalue weighted by Gasteiger charge is -2.30. The molecule has 1 heterocycles. The Morgan fingerprint density at radius 1 is 1.37 bits per heavy atom. The second kappa shape index (κ2) is 5.41. The Bertz CT molecular complexity index is 473. The Hall–Kier alpha value is -1.22. The molecular weight excluding hydrogens is 262 g/mol. The molecule has 1 fully saturated rings. The van der Waals surface area contributed by atoms with Crippen molar-refractivity contribution in [2.45, 2.75) is 25.3 Å². The summed E-state index contributed by atoms with van der Waals surface area (Å²) in [5, 5.41) is 0. The van der Waals surface area contributed by atoms with E-state index in [1.165, 1.54) is 0 Å². The molecule has 1 aromatic carbocycles. The van der Waals surface area contributed by atoms with Crippen LogP contribution in [0, 0.1) is 5.92 Å². The van der Waals surface area contributed by atoms with Crippen LogP contribution < -0.4 is 4.74 Å². The van der Waals surface area contributed by atoms with Gasteiger partial charge in [0.15, 0.2) is 0 Å². The zero-order chi connectivity index (χ0) is 13.2. The van der Waals surface area contributed by atoms with Gasteiger partial charge in [0, 0.05) is 18.5 Å². The average molecular weight is 280 g/mol. The van der Waals surface area contributed by atoms with E-state index in [4.69, 9.17) is 16.3 Å². The van der Waals surface area contributed by atoms with Crippen LogP contribution in [0.3, 0.4) is 0 Å². The Kier molecular flexibility index (Phi) is 3.65. The molecule has 4 heteroatoms. The fourth-order valence-corrected chi connectivity index (χ4v) is 2.85. The van der Waals surface area contributed by atoms with Gasteiger partial charge in [-0.05, 0) is 30.9 Å². The van der Waals surface area contributed by atoms with Crippen molar-refractivity contribution in [1.82, 2.24) is 4.90 Å². The molecule has 0 bridgehead atoms. The summed E-state index contributed by atoms with van der Waals surface area (Å²) < 4.78 is 5.71. The third-order valence-corrected chi connectivity index (χ3v) is 3.99. The maximum atomic E-state index is 12.6. The van der Waals surface area contributed by atoms with E-state index in [2.05, 4.69) is 0 Å². The molecule has 0 radical (unpaired) electrons. The smallest absolute Gasteiger partial charge is 0.229 e. The van der Waals surface area contributed by atoms with Gasteiger partial charge in [-0.3, -0.25) is 4.79 Å². The van der Waals surface area contributed by atoms with Crippen molar-refractivity contribution in [2.75, 3.05) is 19.0 Å². The normalized spacial score (nSPS) is 21.4. The first kappa shape index (κ1) is 12.8. The number of amides is 1. The first-order valence-corrected chi connectivity index (χ1v) is 7.40. The summed E-state index contributed by atoms with van der Waals surface area (Å²) in [5.41, 5.74) is 1.13. The van der Waals surface area contributed by atoms with Gasteiger partial charge in [-0.15, -0.1) is 11.6 Å². The summed E-state index contributed by atoms with van der Waals surface area (Å²) in [7, 11) is 0. The number of alkyl halides is 1. The number of hydrogen-bond acceptors (Lipinski definition) is 2. The standard InChI is InChI=1S/C15H18ClNO2/c16-7-8-17(13-5-6-13)15(18)12-9-11-3-1-2-4-14(11)19-10-12/h1-4,12-13H,5-10H2. The van der Waals surface area contributed by atoms with E-state index in [0.29, 0.717) is 25.1 Å². The minimum atomic E-state index is -0.0567. The van der Waals surface area contributed by atoms with Crippen LogP contribution in [-0.2, 0) is 11.2 Å². The highest BCUT2D eigenvalue weighted by Crippen LogP contribution is 2.32. The van der Waals surface area contributed by atoms with Gasteiger partial charge in [-0.25, -0.2) is 0 Å². The molecule has 3 rings (SSSR count). The molecule has 3 nitrogen and oxygen atoms in total. The number of benzene rings is 1. The highest BCUT2D eigenvalue weighted by Gasteiger charge is 2.36. The summed E-state index contributed by atoms with van der Waals surface area (Å²) in [6.07, 6.45) is 3.01. The van der Waals surface area contributed by atoms with Crippen LogP contribution in [0.25, 0.3) is 0 Å².